The van der Waals surface area contributed by atoms with Gasteiger partial charge in [-0.1, -0.05) is 22.0 Å². The smallest absolute Gasteiger partial charge is 0.258 e. The number of rotatable bonds is 6. The molecule has 0 bridgehead atoms. The summed E-state index contributed by atoms with van der Waals surface area (Å²) in [6.07, 6.45) is 1.81. The monoisotopic (exact) mass is 401 g/mol. The predicted molar refractivity (Wildman–Crippen MR) is 102 cm³/mol. The molecule has 0 atom stereocenters. The second-order valence-electron chi connectivity index (χ2n) is 6.06. The molecule has 0 aliphatic rings. The SMILES string of the molecule is Cc1ccc2nc(CN(C)CCOc3ccc(Br)cc3)cc(=O)n2c1. The summed E-state index contributed by atoms with van der Waals surface area (Å²) < 4.78 is 8.34. The highest BCUT2D eigenvalue weighted by molar-refractivity contribution is 9.10. The number of fused-ring (bicyclic) bond motifs is 1. The topological polar surface area (TPSA) is 46.8 Å². The van der Waals surface area contributed by atoms with Crippen molar-refractivity contribution in [2.75, 3.05) is 20.2 Å². The van der Waals surface area contributed by atoms with Crippen LogP contribution < -0.4 is 10.3 Å². The van der Waals surface area contributed by atoms with Crippen LogP contribution >= 0.6 is 15.9 Å². The summed E-state index contributed by atoms with van der Waals surface area (Å²) in [6.45, 7) is 3.87. The molecule has 0 spiro atoms. The van der Waals surface area contributed by atoms with Gasteiger partial charge in [-0.15, -0.1) is 0 Å². The van der Waals surface area contributed by atoms with Gasteiger partial charge < -0.3 is 4.74 Å². The molecular weight excluding hydrogens is 382 g/mol. The van der Waals surface area contributed by atoms with Crippen molar-refractivity contribution in [1.82, 2.24) is 14.3 Å². The largest absolute Gasteiger partial charge is 0.492 e. The van der Waals surface area contributed by atoms with Gasteiger partial charge >= 0.3 is 0 Å². The Morgan fingerprint density at radius 1 is 1.20 bits per heavy atom. The van der Waals surface area contributed by atoms with Gasteiger partial charge in [-0.05, 0) is 49.9 Å². The van der Waals surface area contributed by atoms with Crippen molar-refractivity contribution in [3.8, 4) is 5.75 Å². The molecule has 0 fully saturated rings. The van der Waals surface area contributed by atoms with Gasteiger partial charge in [-0.2, -0.15) is 0 Å². The summed E-state index contributed by atoms with van der Waals surface area (Å²) in [5.74, 6) is 0.842. The van der Waals surface area contributed by atoms with Crippen molar-refractivity contribution in [3.63, 3.8) is 0 Å². The fraction of sp³-hybridized carbons (Fsp3) is 0.263. The molecule has 130 valence electrons. The van der Waals surface area contributed by atoms with E-state index in [-0.39, 0.29) is 5.56 Å². The molecule has 0 aliphatic carbocycles. The van der Waals surface area contributed by atoms with E-state index in [1.807, 2.05) is 56.6 Å². The Hall–Kier alpha value is -2.18. The Balaban J connectivity index is 1.60. The van der Waals surface area contributed by atoms with Crippen LogP contribution in [0.15, 0.2) is 57.9 Å². The van der Waals surface area contributed by atoms with Gasteiger partial charge in [-0.3, -0.25) is 14.1 Å². The second kappa shape index (κ2) is 7.80. The molecule has 0 unspecified atom stereocenters. The highest BCUT2D eigenvalue weighted by Gasteiger charge is 2.06. The fourth-order valence-electron chi connectivity index (χ4n) is 2.54. The van der Waals surface area contributed by atoms with E-state index < -0.39 is 0 Å². The van der Waals surface area contributed by atoms with Crippen LogP contribution in [-0.2, 0) is 6.54 Å². The molecule has 0 radical (unpaired) electrons. The third-order valence-electron chi connectivity index (χ3n) is 3.85. The average molecular weight is 402 g/mol. The highest BCUT2D eigenvalue weighted by Crippen LogP contribution is 2.16. The lowest BCUT2D eigenvalue weighted by molar-refractivity contribution is 0.231. The molecule has 3 aromatic rings. The number of benzene rings is 1. The summed E-state index contributed by atoms with van der Waals surface area (Å²) in [6, 6.07) is 13.2. The minimum absolute atomic E-state index is 0.0526. The highest BCUT2D eigenvalue weighted by atomic mass is 79.9. The number of nitrogens with zero attached hydrogens (tertiary/aromatic N) is 3. The van der Waals surface area contributed by atoms with E-state index in [0.717, 1.165) is 28.0 Å². The van der Waals surface area contributed by atoms with Crippen LogP contribution in [-0.4, -0.2) is 34.5 Å². The van der Waals surface area contributed by atoms with Crippen LogP contribution in [0.25, 0.3) is 5.65 Å². The van der Waals surface area contributed by atoms with E-state index in [2.05, 4.69) is 25.8 Å². The molecular formula is C19H20BrN3O2. The molecule has 0 amide bonds. The maximum atomic E-state index is 12.2. The second-order valence-corrected chi connectivity index (χ2v) is 6.98. The van der Waals surface area contributed by atoms with Gasteiger partial charge in [0, 0.05) is 29.8 Å². The zero-order chi connectivity index (χ0) is 17.8. The zero-order valence-electron chi connectivity index (χ0n) is 14.3. The van der Waals surface area contributed by atoms with Crippen LogP contribution in [0.3, 0.4) is 0 Å². The van der Waals surface area contributed by atoms with Crippen molar-refractivity contribution >= 4 is 21.6 Å². The number of aryl methyl sites for hydroxylation is 1. The lowest BCUT2D eigenvalue weighted by Gasteiger charge is -2.17. The van der Waals surface area contributed by atoms with E-state index in [4.69, 9.17) is 4.74 Å². The number of pyridine rings is 1. The van der Waals surface area contributed by atoms with Crippen LogP contribution in [0.2, 0.25) is 0 Å². The normalized spacial score (nSPS) is 11.2. The number of hydrogen-bond donors (Lipinski definition) is 0. The van der Waals surface area contributed by atoms with Crippen molar-refractivity contribution in [3.05, 3.63) is 74.7 Å². The van der Waals surface area contributed by atoms with E-state index in [1.165, 1.54) is 0 Å². The first-order valence-electron chi connectivity index (χ1n) is 8.07. The summed E-state index contributed by atoms with van der Waals surface area (Å²) in [5, 5.41) is 0. The third-order valence-corrected chi connectivity index (χ3v) is 4.38. The van der Waals surface area contributed by atoms with Gasteiger partial charge in [0.2, 0.25) is 0 Å². The first-order valence-corrected chi connectivity index (χ1v) is 8.86. The van der Waals surface area contributed by atoms with Crippen molar-refractivity contribution in [2.45, 2.75) is 13.5 Å². The number of halogens is 1. The van der Waals surface area contributed by atoms with E-state index in [0.29, 0.717) is 18.8 Å². The summed E-state index contributed by atoms with van der Waals surface area (Å²) >= 11 is 3.40. The van der Waals surface area contributed by atoms with Gasteiger partial charge in [0.25, 0.3) is 5.56 Å². The first-order chi connectivity index (χ1) is 12.0. The molecule has 2 heterocycles. The van der Waals surface area contributed by atoms with Crippen LogP contribution in [0, 0.1) is 6.92 Å². The Morgan fingerprint density at radius 2 is 1.96 bits per heavy atom. The molecule has 25 heavy (non-hydrogen) atoms. The minimum Gasteiger partial charge on any atom is -0.492 e. The summed E-state index contributed by atoms with van der Waals surface area (Å²) in [4.78, 5) is 18.9. The molecule has 6 heteroatoms. The third kappa shape index (κ3) is 4.67. The van der Waals surface area contributed by atoms with Crippen LogP contribution in [0.5, 0.6) is 5.75 Å². The molecule has 0 saturated heterocycles. The number of aromatic nitrogens is 2. The van der Waals surface area contributed by atoms with Crippen LogP contribution in [0.1, 0.15) is 11.3 Å². The van der Waals surface area contributed by atoms with Gasteiger partial charge in [-0.25, -0.2) is 4.98 Å². The van der Waals surface area contributed by atoms with Gasteiger partial charge in [0.05, 0.1) is 5.69 Å². The summed E-state index contributed by atoms with van der Waals surface area (Å²) in [5.41, 5.74) is 2.42. The van der Waals surface area contributed by atoms with Gasteiger partial charge in [0.15, 0.2) is 0 Å². The number of hydrogen-bond acceptors (Lipinski definition) is 4. The van der Waals surface area contributed by atoms with E-state index in [9.17, 15) is 4.79 Å². The molecule has 0 saturated carbocycles. The van der Waals surface area contributed by atoms with Crippen molar-refractivity contribution < 1.29 is 4.74 Å². The Morgan fingerprint density at radius 3 is 2.72 bits per heavy atom. The number of ether oxygens (including phenoxy) is 1. The van der Waals surface area contributed by atoms with Crippen molar-refractivity contribution in [1.29, 1.82) is 0 Å². The minimum atomic E-state index is -0.0526. The Bertz CT molecular complexity index is 922. The zero-order valence-corrected chi connectivity index (χ0v) is 15.9. The first kappa shape index (κ1) is 17.6. The van der Waals surface area contributed by atoms with Gasteiger partial charge in [0.1, 0.15) is 18.0 Å². The maximum Gasteiger partial charge on any atom is 0.258 e. The molecule has 1 aromatic carbocycles. The molecule has 0 N–H and O–H groups in total. The van der Waals surface area contributed by atoms with E-state index >= 15 is 0 Å². The molecule has 0 aliphatic heterocycles. The lowest BCUT2D eigenvalue weighted by Crippen LogP contribution is -2.26. The molecule has 3 rings (SSSR count). The predicted octanol–water partition coefficient (Wildman–Crippen LogP) is 3.28. The fourth-order valence-corrected chi connectivity index (χ4v) is 2.81. The maximum absolute atomic E-state index is 12.2. The van der Waals surface area contributed by atoms with E-state index in [1.54, 1.807) is 10.5 Å². The molecule has 5 nitrogen and oxygen atoms in total. The average Bonchev–Trinajstić information content (AvgIpc) is 2.57. The molecule has 2 aromatic heterocycles. The van der Waals surface area contributed by atoms with Crippen LogP contribution in [0.4, 0.5) is 0 Å². The number of likely N-dealkylation sites (N-methyl/N-ethyl adjacent to an activating group) is 1. The lowest BCUT2D eigenvalue weighted by atomic mass is 10.3. The Kier molecular flexibility index (Phi) is 5.50. The quantitative estimate of drug-likeness (QED) is 0.635. The standard InChI is InChI=1S/C19H20BrN3O2/c1-14-3-8-18-21-16(11-19(24)23(18)12-14)13-22(2)9-10-25-17-6-4-15(20)5-7-17/h3-8,11-12H,9-10,13H2,1-2H3. The summed E-state index contributed by atoms with van der Waals surface area (Å²) in [7, 11) is 1.99. The van der Waals surface area contributed by atoms with Crippen molar-refractivity contribution in [2.24, 2.45) is 0 Å². The Labute approximate surface area is 155 Å².